The third kappa shape index (κ3) is 3.42. The molecule has 0 unspecified atom stereocenters. The van der Waals surface area contributed by atoms with Crippen molar-refractivity contribution in [3.05, 3.63) is 41.7 Å². The molecule has 1 N–H and O–H groups in total. The lowest BCUT2D eigenvalue weighted by Gasteiger charge is -2.07. The van der Waals surface area contributed by atoms with E-state index in [-0.39, 0.29) is 17.9 Å². The van der Waals surface area contributed by atoms with Crippen molar-refractivity contribution in [1.82, 2.24) is 19.5 Å². The van der Waals surface area contributed by atoms with Crippen molar-refractivity contribution >= 4 is 10.0 Å². The molecule has 1 heterocycles. The number of benzene rings is 1. The van der Waals surface area contributed by atoms with Crippen LogP contribution in [0.1, 0.15) is 11.4 Å². The summed E-state index contributed by atoms with van der Waals surface area (Å²) in [5, 5.41) is 12.9. The first-order chi connectivity index (χ1) is 9.94. The molecule has 2 aromatic rings. The highest BCUT2D eigenvalue weighted by Crippen LogP contribution is 2.17. The van der Waals surface area contributed by atoms with Crippen LogP contribution in [-0.2, 0) is 23.5 Å². The normalized spacial score (nSPS) is 11.3. The van der Waals surface area contributed by atoms with Crippen LogP contribution in [0.4, 0.5) is 4.39 Å². The van der Waals surface area contributed by atoms with Gasteiger partial charge in [-0.2, -0.15) is 10.4 Å². The quantitative estimate of drug-likeness (QED) is 0.858. The number of nitrogens with zero attached hydrogens (tertiary/aromatic N) is 4. The molecule has 0 aliphatic rings. The molecule has 0 spiro atoms. The van der Waals surface area contributed by atoms with E-state index in [0.29, 0.717) is 5.82 Å². The number of aromatic nitrogens is 3. The highest BCUT2D eigenvalue weighted by atomic mass is 32.2. The molecule has 0 amide bonds. The van der Waals surface area contributed by atoms with E-state index < -0.39 is 21.4 Å². The Hall–Kier alpha value is -2.31. The zero-order valence-electron chi connectivity index (χ0n) is 11.1. The van der Waals surface area contributed by atoms with Crippen LogP contribution >= 0.6 is 0 Å². The molecule has 110 valence electrons. The van der Waals surface area contributed by atoms with Crippen LogP contribution in [0.2, 0.25) is 0 Å². The van der Waals surface area contributed by atoms with Gasteiger partial charge < -0.3 is 0 Å². The zero-order chi connectivity index (χ0) is 15.5. The fraction of sp³-hybridized carbons (Fsp3) is 0.250. The maximum Gasteiger partial charge on any atom is 0.242 e. The standard InChI is InChI=1S/C12H12FN5O2S/c1-18-8-15-12(17-18)5-6-16-21(19,20)11-4-2-3-10(13)9(11)7-14/h2-4,8,16H,5-6H2,1H3. The number of rotatable bonds is 5. The van der Waals surface area contributed by atoms with Gasteiger partial charge in [0.05, 0.1) is 0 Å². The number of nitrogens with one attached hydrogen (secondary N) is 1. The van der Waals surface area contributed by atoms with Crippen molar-refractivity contribution in [2.24, 2.45) is 7.05 Å². The van der Waals surface area contributed by atoms with Crippen molar-refractivity contribution in [3.8, 4) is 6.07 Å². The monoisotopic (exact) mass is 309 g/mol. The summed E-state index contributed by atoms with van der Waals surface area (Å²) in [4.78, 5) is 3.58. The van der Waals surface area contributed by atoms with Crippen molar-refractivity contribution < 1.29 is 12.8 Å². The molecule has 7 nitrogen and oxygen atoms in total. The van der Waals surface area contributed by atoms with E-state index in [2.05, 4.69) is 14.8 Å². The third-order valence-electron chi connectivity index (χ3n) is 2.66. The van der Waals surface area contributed by atoms with Crippen molar-refractivity contribution in [1.29, 1.82) is 5.26 Å². The Kier molecular flexibility index (Phi) is 4.30. The molecule has 0 saturated heterocycles. The van der Waals surface area contributed by atoms with Crippen molar-refractivity contribution in [2.75, 3.05) is 6.54 Å². The van der Waals surface area contributed by atoms with Gasteiger partial charge in [-0.25, -0.2) is 22.5 Å². The van der Waals surface area contributed by atoms with E-state index in [1.54, 1.807) is 13.1 Å². The van der Waals surface area contributed by atoms with Crippen molar-refractivity contribution in [3.63, 3.8) is 0 Å². The molecular formula is C12H12FN5O2S. The average Bonchev–Trinajstić information content (AvgIpc) is 2.84. The Bertz CT molecular complexity index is 794. The van der Waals surface area contributed by atoms with Gasteiger partial charge in [0.2, 0.25) is 10.0 Å². The fourth-order valence-corrected chi connectivity index (χ4v) is 2.91. The van der Waals surface area contributed by atoms with E-state index in [4.69, 9.17) is 5.26 Å². The molecule has 0 aliphatic carbocycles. The molecule has 1 aromatic heterocycles. The summed E-state index contributed by atoms with van der Waals surface area (Å²) < 4.78 is 41.4. The fourth-order valence-electron chi connectivity index (χ4n) is 1.71. The molecule has 21 heavy (non-hydrogen) atoms. The van der Waals surface area contributed by atoms with Gasteiger partial charge in [0.15, 0.2) is 5.82 Å². The second kappa shape index (κ2) is 5.99. The van der Waals surface area contributed by atoms with Crippen LogP contribution in [0.25, 0.3) is 0 Å². The van der Waals surface area contributed by atoms with Crippen LogP contribution in [0.15, 0.2) is 29.4 Å². The molecule has 0 atom stereocenters. The zero-order valence-corrected chi connectivity index (χ0v) is 11.9. The lowest BCUT2D eigenvalue weighted by Crippen LogP contribution is -2.27. The molecule has 0 aliphatic heterocycles. The Morgan fingerprint density at radius 3 is 2.86 bits per heavy atom. The van der Waals surface area contributed by atoms with Crippen molar-refractivity contribution in [2.45, 2.75) is 11.3 Å². The predicted molar refractivity (Wildman–Crippen MR) is 71.0 cm³/mol. The minimum absolute atomic E-state index is 0.0493. The first-order valence-corrected chi connectivity index (χ1v) is 7.45. The van der Waals surface area contributed by atoms with E-state index in [9.17, 15) is 12.8 Å². The van der Waals surface area contributed by atoms with Gasteiger partial charge in [0.25, 0.3) is 0 Å². The van der Waals surface area contributed by atoms with Crippen LogP contribution < -0.4 is 4.72 Å². The second-order valence-electron chi connectivity index (χ2n) is 4.21. The Balaban J connectivity index is 2.12. The van der Waals surface area contributed by atoms with Crippen LogP contribution in [0.5, 0.6) is 0 Å². The topological polar surface area (TPSA) is 101 Å². The Labute approximate surface area is 121 Å². The molecule has 9 heteroatoms. The average molecular weight is 309 g/mol. The van der Waals surface area contributed by atoms with Gasteiger partial charge in [-0.1, -0.05) is 6.07 Å². The van der Waals surface area contributed by atoms with Crippen LogP contribution in [0, 0.1) is 17.1 Å². The predicted octanol–water partition coefficient (Wildman–Crippen LogP) is 0.347. The highest BCUT2D eigenvalue weighted by Gasteiger charge is 2.20. The van der Waals surface area contributed by atoms with Gasteiger partial charge in [0, 0.05) is 20.0 Å². The highest BCUT2D eigenvalue weighted by molar-refractivity contribution is 7.89. The molecule has 1 aromatic carbocycles. The maximum absolute atomic E-state index is 13.4. The smallest absolute Gasteiger partial charge is 0.242 e. The van der Waals surface area contributed by atoms with E-state index in [1.165, 1.54) is 23.1 Å². The Morgan fingerprint density at radius 2 is 2.24 bits per heavy atom. The Morgan fingerprint density at radius 1 is 1.48 bits per heavy atom. The molecule has 0 saturated carbocycles. The number of halogens is 1. The summed E-state index contributed by atoms with van der Waals surface area (Å²) in [7, 11) is -2.26. The second-order valence-corrected chi connectivity index (χ2v) is 5.94. The van der Waals surface area contributed by atoms with Gasteiger partial charge in [-0.05, 0) is 12.1 Å². The molecule has 0 bridgehead atoms. The lowest BCUT2D eigenvalue weighted by atomic mass is 10.2. The van der Waals surface area contributed by atoms with Gasteiger partial charge in [-0.3, -0.25) is 4.68 Å². The largest absolute Gasteiger partial charge is 0.256 e. The SMILES string of the molecule is Cn1cnc(CCNS(=O)(=O)c2cccc(F)c2C#N)n1. The van der Waals surface area contributed by atoms with Gasteiger partial charge >= 0.3 is 0 Å². The minimum atomic E-state index is -3.96. The third-order valence-corrected chi connectivity index (χ3v) is 4.17. The van der Waals surface area contributed by atoms with Crippen LogP contribution in [-0.4, -0.2) is 29.7 Å². The summed E-state index contributed by atoms with van der Waals surface area (Å²) in [6, 6.07) is 5.02. The summed E-state index contributed by atoms with van der Waals surface area (Å²) in [5.41, 5.74) is -0.499. The number of aryl methyl sites for hydroxylation is 1. The van der Waals surface area contributed by atoms with Gasteiger partial charge in [0.1, 0.15) is 28.7 Å². The molecular weight excluding hydrogens is 297 g/mol. The summed E-state index contributed by atoms with van der Waals surface area (Å²) in [6.07, 6.45) is 1.79. The lowest BCUT2D eigenvalue weighted by molar-refractivity contribution is 0.575. The molecule has 0 radical (unpaired) electrons. The number of hydrogen-bond donors (Lipinski definition) is 1. The summed E-state index contributed by atoms with van der Waals surface area (Å²) >= 11 is 0. The maximum atomic E-state index is 13.4. The number of sulfonamides is 1. The number of hydrogen-bond acceptors (Lipinski definition) is 5. The molecule has 0 fully saturated rings. The molecule has 2 rings (SSSR count). The summed E-state index contributed by atoms with van der Waals surface area (Å²) in [5.74, 6) is -0.383. The van der Waals surface area contributed by atoms with Gasteiger partial charge in [-0.15, -0.1) is 0 Å². The summed E-state index contributed by atoms with van der Waals surface area (Å²) in [6.45, 7) is 0.0493. The number of nitriles is 1. The first-order valence-electron chi connectivity index (χ1n) is 5.97. The first kappa shape index (κ1) is 15.1. The minimum Gasteiger partial charge on any atom is -0.256 e. The van der Waals surface area contributed by atoms with E-state index in [1.807, 2.05) is 0 Å². The van der Waals surface area contributed by atoms with Crippen LogP contribution in [0.3, 0.4) is 0 Å². The van der Waals surface area contributed by atoms with E-state index >= 15 is 0 Å². The van der Waals surface area contributed by atoms with E-state index in [0.717, 1.165) is 6.07 Å².